The van der Waals surface area contributed by atoms with Crippen molar-refractivity contribution in [2.24, 2.45) is 0 Å². The fourth-order valence-electron chi connectivity index (χ4n) is 10.5. The Morgan fingerprint density at radius 3 is 1.67 bits per heavy atom. The van der Waals surface area contributed by atoms with E-state index in [9.17, 15) is 0 Å². The summed E-state index contributed by atoms with van der Waals surface area (Å²) in [6.45, 7) is 5.06. The summed E-state index contributed by atoms with van der Waals surface area (Å²) >= 11 is 0. The predicted octanol–water partition coefficient (Wildman–Crippen LogP) is 11.5. The minimum absolute atomic E-state index is 0.0261. The molecular weight excluding hydrogens is 593 g/mol. The zero-order valence-electron chi connectivity index (χ0n) is 28.9. The van der Waals surface area contributed by atoms with E-state index in [2.05, 4.69) is 171 Å². The van der Waals surface area contributed by atoms with Crippen molar-refractivity contribution in [3.63, 3.8) is 0 Å². The average molecular weight is 635 g/mol. The van der Waals surface area contributed by atoms with E-state index in [0.717, 1.165) is 0 Å². The Balaban J connectivity index is 1.14. The quantitative estimate of drug-likeness (QED) is 0.191. The van der Waals surface area contributed by atoms with Gasteiger partial charge in [-0.05, 0) is 123 Å². The van der Waals surface area contributed by atoms with E-state index < -0.39 is 0 Å². The van der Waals surface area contributed by atoms with Crippen molar-refractivity contribution >= 4 is 17.1 Å². The van der Waals surface area contributed by atoms with Gasteiger partial charge in [0.15, 0.2) is 0 Å². The second-order valence-electron chi connectivity index (χ2n) is 15.4. The van der Waals surface area contributed by atoms with E-state index >= 15 is 0 Å². The highest BCUT2D eigenvalue weighted by Crippen LogP contribution is 2.64. The van der Waals surface area contributed by atoms with Gasteiger partial charge in [0, 0.05) is 36.6 Å². The number of rotatable bonds is 3. The lowest BCUT2D eigenvalue weighted by atomic mass is 9.61. The Kier molecular flexibility index (Phi) is 5.89. The van der Waals surface area contributed by atoms with Crippen LogP contribution >= 0.6 is 0 Å². The molecule has 0 amide bonds. The predicted molar refractivity (Wildman–Crippen MR) is 205 cm³/mol. The molecule has 49 heavy (non-hydrogen) atoms. The molecule has 0 saturated heterocycles. The molecule has 2 atom stereocenters. The van der Waals surface area contributed by atoms with E-state index in [4.69, 9.17) is 0 Å². The van der Waals surface area contributed by atoms with Crippen LogP contribution in [0.15, 0.2) is 133 Å². The lowest BCUT2D eigenvalue weighted by molar-refractivity contribution is 0.195. The van der Waals surface area contributed by atoms with Crippen molar-refractivity contribution in [1.82, 2.24) is 0 Å². The van der Waals surface area contributed by atoms with Crippen LogP contribution in [0.3, 0.4) is 0 Å². The van der Waals surface area contributed by atoms with Crippen molar-refractivity contribution < 1.29 is 0 Å². The summed E-state index contributed by atoms with van der Waals surface area (Å²) in [6.07, 6.45) is 4.97. The third-order valence-corrected chi connectivity index (χ3v) is 13.1. The van der Waals surface area contributed by atoms with Crippen molar-refractivity contribution in [3.05, 3.63) is 161 Å². The van der Waals surface area contributed by atoms with Crippen LogP contribution < -0.4 is 9.80 Å². The molecule has 10 rings (SSSR count). The third-order valence-electron chi connectivity index (χ3n) is 13.1. The van der Waals surface area contributed by atoms with Crippen molar-refractivity contribution in [2.45, 2.75) is 55.9 Å². The highest BCUT2D eigenvalue weighted by Gasteiger charge is 2.58. The average Bonchev–Trinajstić information content (AvgIpc) is 3.68. The van der Waals surface area contributed by atoms with Gasteiger partial charge in [-0.1, -0.05) is 111 Å². The Labute approximate surface area is 290 Å². The van der Waals surface area contributed by atoms with Crippen molar-refractivity contribution in [2.75, 3.05) is 23.9 Å². The van der Waals surface area contributed by atoms with Crippen LogP contribution in [0.4, 0.5) is 17.1 Å². The molecule has 0 bridgehead atoms. The largest absolute Gasteiger partial charge is 0.378 e. The normalized spacial score (nSPS) is 21.8. The molecule has 3 aliphatic carbocycles. The highest BCUT2D eigenvalue weighted by atomic mass is 15.3. The summed E-state index contributed by atoms with van der Waals surface area (Å²) in [5.74, 6) is 0. The Morgan fingerprint density at radius 1 is 0.510 bits per heavy atom. The highest BCUT2D eigenvalue weighted by molar-refractivity contribution is 5.96. The van der Waals surface area contributed by atoms with Gasteiger partial charge >= 0.3 is 0 Å². The van der Waals surface area contributed by atoms with Gasteiger partial charge in [-0.3, -0.25) is 0 Å². The molecular formula is C47H42N2. The number of anilines is 3. The molecule has 1 heterocycles. The number of nitrogens with zero attached hydrogens (tertiary/aromatic N) is 2. The second kappa shape index (κ2) is 9.98. The van der Waals surface area contributed by atoms with Crippen LogP contribution in [0.1, 0.15) is 67.3 Å². The Morgan fingerprint density at radius 2 is 1.04 bits per heavy atom. The van der Waals surface area contributed by atoms with Crippen LogP contribution in [-0.4, -0.2) is 19.6 Å². The van der Waals surface area contributed by atoms with Gasteiger partial charge in [0.1, 0.15) is 0 Å². The molecule has 1 aliphatic heterocycles. The molecule has 1 spiro atoms. The summed E-state index contributed by atoms with van der Waals surface area (Å²) in [7, 11) is 4.23. The standard InChI is InChI=1S/C47H42N2/c1-45-27-11-12-28-46(45,2)49(34-23-21-33(22-24-34)48(3)4)44-26-20-32(30-43(44)45)31-19-25-42-38(29-31)37-15-7-10-18-41(37)47(42)39-16-8-5-13-35(39)36-14-6-9-17-40(36)47/h5-10,13-26,29-30H,11-12,27-28H2,1-4H3. The zero-order chi connectivity index (χ0) is 33.1. The molecule has 6 aromatic carbocycles. The van der Waals surface area contributed by atoms with E-state index in [-0.39, 0.29) is 16.4 Å². The summed E-state index contributed by atoms with van der Waals surface area (Å²) in [5.41, 5.74) is 18.8. The topological polar surface area (TPSA) is 6.48 Å². The maximum absolute atomic E-state index is 2.68. The molecule has 1 saturated carbocycles. The van der Waals surface area contributed by atoms with E-state index in [1.54, 1.807) is 0 Å². The van der Waals surface area contributed by atoms with Gasteiger partial charge in [0.25, 0.3) is 0 Å². The van der Waals surface area contributed by atoms with Crippen LogP contribution in [0.2, 0.25) is 0 Å². The smallest absolute Gasteiger partial charge is 0.0725 e. The molecule has 0 radical (unpaired) electrons. The lowest BCUT2D eigenvalue weighted by Gasteiger charge is -2.50. The number of benzene rings is 6. The van der Waals surface area contributed by atoms with E-state index in [1.165, 1.54) is 104 Å². The van der Waals surface area contributed by atoms with Gasteiger partial charge in [-0.2, -0.15) is 0 Å². The first-order chi connectivity index (χ1) is 23.9. The summed E-state index contributed by atoms with van der Waals surface area (Å²) in [5, 5.41) is 0. The molecule has 2 nitrogen and oxygen atoms in total. The van der Waals surface area contributed by atoms with Gasteiger partial charge in [-0.25, -0.2) is 0 Å². The first kappa shape index (κ1) is 28.9. The van der Waals surface area contributed by atoms with Gasteiger partial charge in [0.05, 0.1) is 11.0 Å². The van der Waals surface area contributed by atoms with E-state index in [1.807, 2.05) is 0 Å². The molecule has 2 unspecified atom stereocenters. The fraction of sp³-hybridized carbons (Fsp3) is 0.234. The first-order valence-corrected chi connectivity index (χ1v) is 18.0. The lowest BCUT2D eigenvalue weighted by Crippen LogP contribution is -2.54. The number of hydrogen-bond acceptors (Lipinski definition) is 2. The van der Waals surface area contributed by atoms with E-state index in [0.29, 0.717) is 0 Å². The summed E-state index contributed by atoms with van der Waals surface area (Å²) in [4.78, 5) is 4.86. The molecule has 4 aliphatic rings. The Hall–Kier alpha value is -5.08. The maximum atomic E-state index is 2.68. The second-order valence-corrected chi connectivity index (χ2v) is 15.4. The third kappa shape index (κ3) is 3.57. The number of hydrogen-bond donors (Lipinski definition) is 0. The van der Waals surface area contributed by atoms with Crippen LogP contribution in [0.25, 0.3) is 33.4 Å². The monoisotopic (exact) mass is 634 g/mol. The first-order valence-electron chi connectivity index (χ1n) is 18.0. The zero-order valence-corrected chi connectivity index (χ0v) is 28.9. The van der Waals surface area contributed by atoms with Gasteiger partial charge < -0.3 is 9.80 Å². The maximum Gasteiger partial charge on any atom is 0.0725 e. The van der Waals surface area contributed by atoms with Crippen LogP contribution in [0.5, 0.6) is 0 Å². The van der Waals surface area contributed by atoms with Crippen LogP contribution in [-0.2, 0) is 10.8 Å². The Bertz CT molecular complexity index is 2270. The summed E-state index contributed by atoms with van der Waals surface area (Å²) < 4.78 is 0. The molecule has 0 N–H and O–H groups in total. The van der Waals surface area contributed by atoms with Gasteiger partial charge in [0.2, 0.25) is 0 Å². The van der Waals surface area contributed by atoms with Gasteiger partial charge in [-0.15, -0.1) is 0 Å². The number of fused-ring (bicyclic) bond motifs is 13. The molecule has 6 aromatic rings. The van der Waals surface area contributed by atoms with Crippen molar-refractivity contribution in [1.29, 1.82) is 0 Å². The fourth-order valence-corrected chi connectivity index (χ4v) is 10.5. The van der Waals surface area contributed by atoms with Crippen molar-refractivity contribution in [3.8, 4) is 33.4 Å². The molecule has 0 aromatic heterocycles. The minimum Gasteiger partial charge on any atom is -0.378 e. The molecule has 1 fully saturated rings. The SMILES string of the molecule is CN(C)c1ccc(N2c3ccc(-c4ccc5c(c4)-c4ccccc4C54c5ccccc5-c5ccccc54)cc3C3(C)CCCCC23C)cc1. The minimum atomic E-state index is -0.296. The van der Waals surface area contributed by atoms with Crippen LogP contribution in [0, 0.1) is 0 Å². The molecule has 240 valence electrons. The molecule has 2 heteroatoms. The summed E-state index contributed by atoms with van der Waals surface area (Å²) in [6, 6.07) is 51.1.